The minimum absolute atomic E-state index is 0. The second-order valence-electron chi connectivity index (χ2n) is 0.447. The molecule has 0 aliphatic carbocycles. The number of quaternary nitrogens is 1. The maximum absolute atomic E-state index is 7.62. The van der Waals surface area contributed by atoms with Crippen LogP contribution >= 0.6 is 0 Å². The molecule has 0 saturated heterocycles. The van der Waals surface area contributed by atoms with E-state index in [0.717, 1.165) is 0 Å². The van der Waals surface area contributed by atoms with E-state index in [4.69, 9.17) is 10.2 Å². The Morgan fingerprint density at radius 3 is 1.17 bits per heavy atom. The standard InChI is InChI=1S/C2H6O2.FH.H3N/c3-1-2-4;;/h3-4H,1-2H2;1H;1H3. The van der Waals surface area contributed by atoms with Crippen LogP contribution in [-0.4, -0.2) is 23.4 Å². The van der Waals surface area contributed by atoms with Crippen LogP contribution in [0, 0.1) is 0 Å². The fourth-order valence-electron chi connectivity index (χ4n) is 0. The Morgan fingerprint density at radius 1 is 1.00 bits per heavy atom. The molecule has 6 N–H and O–H groups in total. The number of halogens is 1. The van der Waals surface area contributed by atoms with Gasteiger partial charge in [-0.15, -0.1) is 0 Å². The van der Waals surface area contributed by atoms with Crippen molar-refractivity contribution >= 4 is 0 Å². The average Bonchev–Trinajstić information content (AvgIpc) is 1.37. The Hall–Kier alpha value is -0.190. The Labute approximate surface area is 35.6 Å². The van der Waals surface area contributed by atoms with Crippen molar-refractivity contribution in [1.82, 2.24) is 6.15 Å². The summed E-state index contributed by atoms with van der Waals surface area (Å²) >= 11 is 0. The first kappa shape index (κ1) is 17.0. The first-order chi connectivity index (χ1) is 1.91. The molecular weight excluding hydrogens is 89.0 g/mol. The first-order valence-corrected chi connectivity index (χ1v) is 1.13. The molecule has 0 bridgehead atoms. The summed E-state index contributed by atoms with van der Waals surface area (Å²) in [4.78, 5) is 0. The van der Waals surface area contributed by atoms with Gasteiger partial charge in [0.1, 0.15) is 0 Å². The molecule has 0 aliphatic heterocycles. The fourth-order valence-corrected chi connectivity index (χ4v) is 0. The van der Waals surface area contributed by atoms with Crippen LogP contribution in [0.4, 0.5) is 0 Å². The van der Waals surface area contributed by atoms with Crippen molar-refractivity contribution in [3.8, 4) is 0 Å². The van der Waals surface area contributed by atoms with Gasteiger partial charge in [0, 0.05) is 0 Å². The highest BCUT2D eigenvalue weighted by Crippen LogP contribution is 1.39. The van der Waals surface area contributed by atoms with E-state index >= 15 is 0 Å². The van der Waals surface area contributed by atoms with Crippen LogP contribution in [-0.2, 0) is 0 Å². The third-order valence-electron chi connectivity index (χ3n) is 0.1000. The van der Waals surface area contributed by atoms with Crippen LogP contribution in [0.2, 0.25) is 0 Å². The lowest BCUT2D eigenvalue weighted by Crippen LogP contribution is -3.00. The molecule has 0 aromatic rings. The average molecular weight is 99.1 g/mol. The molecule has 4 heteroatoms. The number of rotatable bonds is 1. The smallest absolute Gasteiger partial charge is 0.0662 e. The number of aliphatic hydroxyl groups is 2. The summed E-state index contributed by atoms with van der Waals surface area (Å²) in [5.74, 6) is 0. The summed E-state index contributed by atoms with van der Waals surface area (Å²) in [5.41, 5.74) is 0. The third-order valence-corrected chi connectivity index (χ3v) is 0.1000. The summed E-state index contributed by atoms with van der Waals surface area (Å²) in [7, 11) is 0. The van der Waals surface area contributed by atoms with Crippen molar-refractivity contribution in [3.63, 3.8) is 0 Å². The van der Waals surface area contributed by atoms with E-state index in [2.05, 4.69) is 0 Å². The highest BCUT2D eigenvalue weighted by molar-refractivity contribution is 4.06. The molecule has 0 aromatic heterocycles. The van der Waals surface area contributed by atoms with Crippen LogP contribution in [0.15, 0.2) is 0 Å². The Balaban J connectivity index is -0.0000000450. The van der Waals surface area contributed by atoms with Gasteiger partial charge in [0.25, 0.3) is 0 Å². The van der Waals surface area contributed by atoms with E-state index in [1.807, 2.05) is 0 Å². The van der Waals surface area contributed by atoms with Gasteiger partial charge in [-0.25, -0.2) is 0 Å². The number of hydrogen-bond acceptors (Lipinski definition) is 2. The number of hydrogen-bond donors (Lipinski definition) is 3. The summed E-state index contributed by atoms with van der Waals surface area (Å²) in [6, 6.07) is 0. The summed E-state index contributed by atoms with van der Waals surface area (Å²) in [6.07, 6.45) is 0. The first-order valence-electron chi connectivity index (χ1n) is 1.13. The predicted octanol–water partition coefficient (Wildman–Crippen LogP) is -3.65. The lowest BCUT2D eigenvalue weighted by atomic mass is 10.8. The third kappa shape index (κ3) is 45.9. The zero-order valence-electron chi connectivity index (χ0n) is 3.69. The summed E-state index contributed by atoms with van der Waals surface area (Å²) in [6.45, 7) is -0.250. The molecule has 42 valence electrons. The van der Waals surface area contributed by atoms with E-state index in [0.29, 0.717) is 0 Å². The quantitative estimate of drug-likeness (QED) is 0.317. The zero-order chi connectivity index (χ0) is 3.41. The SMILES string of the molecule is OCCO.[F-].[NH4+]. The zero-order valence-corrected chi connectivity index (χ0v) is 3.69. The van der Waals surface area contributed by atoms with Gasteiger partial charge in [-0.1, -0.05) is 0 Å². The maximum atomic E-state index is 7.62. The van der Waals surface area contributed by atoms with Crippen molar-refractivity contribution in [2.24, 2.45) is 0 Å². The second kappa shape index (κ2) is 21.3. The maximum Gasteiger partial charge on any atom is 0.0662 e. The molecule has 3 nitrogen and oxygen atoms in total. The lowest BCUT2D eigenvalue weighted by Gasteiger charge is -1.70. The molecule has 0 saturated carbocycles. The topological polar surface area (TPSA) is 77.0 Å². The van der Waals surface area contributed by atoms with E-state index in [1.54, 1.807) is 0 Å². The van der Waals surface area contributed by atoms with Gasteiger partial charge in [-0.3, -0.25) is 0 Å². The molecule has 0 spiro atoms. The molecule has 0 heterocycles. The largest absolute Gasteiger partial charge is 1.00 e. The van der Waals surface area contributed by atoms with Crippen molar-refractivity contribution in [2.75, 3.05) is 13.2 Å². The van der Waals surface area contributed by atoms with Gasteiger partial charge in [0.05, 0.1) is 13.2 Å². The monoisotopic (exact) mass is 99.1 g/mol. The van der Waals surface area contributed by atoms with Crippen LogP contribution in [0.5, 0.6) is 0 Å². The van der Waals surface area contributed by atoms with Gasteiger partial charge >= 0.3 is 0 Å². The van der Waals surface area contributed by atoms with E-state index in [-0.39, 0.29) is 24.1 Å². The van der Waals surface area contributed by atoms with Crippen molar-refractivity contribution in [3.05, 3.63) is 0 Å². The molecule has 0 aromatic carbocycles. The predicted molar refractivity (Wildman–Crippen MR) is 20.2 cm³/mol. The highest BCUT2D eigenvalue weighted by Gasteiger charge is 1.58. The van der Waals surface area contributed by atoms with Crippen molar-refractivity contribution in [1.29, 1.82) is 0 Å². The molecule has 6 heavy (non-hydrogen) atoms. The van der Waals surface area contributed by atoms with Crippen LogP contribution in [0.1, 0.15) is 0 Å². The van der Waals surface area contributed by atoms with Gasteiger partial charge in [-0.2, -0.15) is 0 Å². The molecular formula is C2H10FNO2. The minimum atomic E-state index is -0.125. The fraction of sp³-hybridized carbons (Fsp3) is 1.00. The van der Waals surface area contributed by atoms with Crippen molar-refractivity contribution in [2.45, 2.75) is 0 Å². The van der Waals surface area contributed by atoms with E-state index in [1.165, 1.54) is 0 Å². The van der Waals surface area contributed by atoms with Gasteiger partial charge < -0.3 is 21.1 Å². The molecule has 0 amide bonds. The molecule has 0 atom stereocenters. The summed E-state index contributed by atoms with van der Waals surface area (Å²) in [5, 5.41) is 15.2. The van der Waals surface area contributed by atoms with Gasteiger partial charge in [0.2, 0.25) is 0 Å². The van der Waals surface area contributed by atoms with Gasteiger partial charge in [0.15, 0.2) is 0 Å². The Kier molecular flexibility index (Phi) is 60.5. The van der Waals surface area contributed by atoms with Crippen molar-refractivity contribution < 1.29 is 14.9 Å². The van der Waals surface area contributed by atoms with E-state index < -0.39 is 0 Å². The van der Waals surface area contributed by atoms with E-state index in [9.17, 15) is 0 Å². The summed E-state index contributed by atoms with van der Waals surface area (Å²) < 4.78 is 0. The normalized spacial score (nSPS) is 5.00. The Morgan fingerprint density at radius 2 is 1.17 bits per heavy atom. The highest BCUT2D eigenvalue weighted by atomic mass is 19.0. The van der Waals surface area contributed by atoms with Crippen LogP contribution in [0.25, 0.3) is 0 Å². The van der Waals surface area contributed by atoms with Crippen LogP contribution < -0.4 is 10.9 Å². The lowest BCUT2D eigenvalue weighted by molar-refractivity contribution is -0.00000293. The molecule has 0 radical (unpaired) electrons. The van der Waals surface area contributed by atoms with Gasteiger partial charge in [-0.05, 0) is 0 Å². The molecule has 0 aliphatic rings. The minimum Gasteiger partial charge on any atom is -1.00 e. The molecule has 0 rings (SSSR count). The second-order valence-corrected chi connectivity index (χ2v) is 0.447. The Bertz CT molecular complexity index is 13.5. The number of aliphatic hydroxyl groups excluding tert-OH is 2. The molecule has 0 unspecified atom stereocenters. The van der Waals surface area contributed by atoms with Crippen LogP contribution in [0.3, 0.4) is 0 Å². The molecule has 0 fully saturated rings.